The molecule has 5 nitrogen and oxygen atoms in total. The van der Waals surface area contributed by atoms with Crippen LogP contribution >= 0.6 is 0 Å². The lowest BCUT2D eigenvalue weighted by Crippen LogP contribution is -2.20. The fraction of sp³-hybridized carbons (Fsp3) is 0.206. The number of amides is 1. The molecule has 0 aliphatic carbocycles. The predicted molar refractivity (Wildman–Crippen MR) is 160 cm³/mol. The monoisotopic (exact) mass is 520 g/mol. The Balaban J connectivity index is 1.27. The van der Waals surface area contributed by atoms with Crippen LogP contribution in [-0.4, -0.2) is 38.6 Å². The van der Waals surface area contributed by atoms with Crippen LogP contribution in [0.1, 0.15) is 22.3 Å². The van der Waals surface area contributed by atoms with Gasteiger partial charge in [-0.05, 0) is 84.6 Å². The first-order valence-electron chi connectivity index (χ1n) is 13.1. The van der Waals surface area contributed by atoms with E-state index < -0.39 is 0 Å². The first-order valence-corrected chi connectivity index (χ1v) is 13.1. The van der Waals surface area contributed by atoms with Gasteiger partial charge in [0.25, 0.3) is 0 Å². The van der Waals surface area contributed by atoms with Gasteiger partial charge in [0.1, 0.15) is 0 Å². The number of hydrogen-bond donors (Lipinski definition) is 1. The van der Waals surface area contributed by atoms with Gasteiger partial charge in [-0.2, -0.15) is 0 Å². The highest BCUT2D eigenvalue weighted by Crippen LogP contribution is 2.28. The molecule has 0 unspecified atom stereocenters. The molecule has 0 aliphatic heterocycles. The first kappa shape index (κ1) is 27.7. The quantitative estimate of drug-likeness (QED) is 0.216. The van der Waals surface area contributed by atoms with Crippen molar-refractivity contribution < 1.29 is 14.3 Å². The zero-order valence-electron chi connectivity index (χ0n) is 23.1. The summed E-state index contributed by atoms with van der Waals surface area (Å²) in [4.78, 5) is 14.8. The second-order valence-electron chi connectivity index (χ2n) is 9.69. The fourth-order valence-corrected chi connectivity index (χ4v) is 4.36. The number of anilines is 1. The molecule has 0 saturated carbocycles. The summed E-state index contributed by atoms with van der Waals surface area (Å²) in [5.74, 6) is 1.33. The second-order valence-corrected chi connectivity index (χ2v) is 9.69. The molecule has 1 N–H and O–H groups in total. The number of benzene rings is 4. The number of rotatable bonds is 11. The highest BCUT2D eigenvalue weighted by molar-refractivity contribution is 6.02. The minimum absolute atomic E-state index is 0.157. The molecule has 4 rings (SSSR count). The summed E-state index contributed by atoms with van der Waals surface area (Å²) in [5.41, 5.74) is 7.66. The molecule has 0 aromatic heterocycles. The molecule has 0 fully saturated rings. The number of carbonyl (C=O) groups excluding carboxylic acids is 1. The van der Waals surface area contributed by atoms with Crippen molar-refractivity contribution in [1.29, 1.82) is 0 Å². The third-order valence-electron chi connectivity index (χ3n) is 6.60. The molecule has 200 valence electrons. The van der Waals surface area contributed by atoms with E-state index in [4.69, 9.17) is 9.47 Å². The zero-order valence-corrected chi connectivity index (χ0v) is 23.1. The lowest BCUT2D eigenvalue weighted by molar-refractivity contribution is -0.111. The van der Waals surface area contributed by atoms with Gasteiger partial charge >= 0.3 is 0 Å². The number of nitrogens with one attached hydrogen (secondary N) is 1. The van der Waals surface area contributed by atoms with E-state index in [2.05, 4.69) is 78.8 Å². The van der Waals surface area contributed by atoms with Crippen LogP contribution in [-0.2, 0) is 17.8 Å². The normalized spacial score (nSPS) is 11.1. The topological polar surface area (TPSA) is 50.8 Å². The van der Waals surface area contributed by atoms with Gasteiger partial charge in [-0.25, -0.2) is 0 Å². The highest BCUT2D eigenvalue weighted by atomic mass is 16.5. The number of nitrogens with zero attached hydrogens (tertiary/aromatic N) is 1. The lowest BCUT2D eigenvalue weighted by Gasteiger charge is -2.17. The van der Waals surface area contributed by atoms with Crippen molar-refractivity contribution in [3.8, 4) is 22.6 Å². The summed E-state index contributed by atoms with van der Waals surface area (Å²) in [5, 5.41) is 2.95. The molecule has 0 atom stereocenters. The molecule has 5 heteroatoms. The van der Waals surface area contributed by atoms with E-state index in [0.717, 1.165) is 53.4 Å². The fourth-order valence-electron chi connectivity index (χ4n) is 4.36. The van der Waals surface area contributed by atoms with Crippen LogP contribution in [0.25, 0.3) is 17.2 Å². The molecule has 0 bridgehead atoms. The lowest BCUT2D eigenvalue weighted by atomic mass is 10.0. The summed E-state index contributed by atoms with van der Waals surface area (Å²) < 4.78 is 10.7. The second kappa shape index (κ2) is 13.4. The third-order valence-corrected chi connectivity index (χ3v) is 6.60. The van der Waals surface area contributed by atoms with Crippen LogP contribution in [0.15, 0.2) is 97.1 Å². The maximum absolute atomic E-state index is 12.5. The Morgan fingerprint density at radius 2 is 1.54 bits per heavy atom. The molecule has 0 saturated heterocycles. The number of carbonyl (C=O) groups is 1. The van der Waals surface area contributed by atoms with Crippen LogP contribution in [0.3, 0.4) is 0 Å². The summed E-state index contributed by atoms with van der Waals surface area (Å²) >= 11 is 0. The molecular weight excluding hydrogens is 484 g/mol. The molecule has 0 spiro atoms. The van der Waals surface area contributed by atoms with Gasteiger partial charge in [0.05, 0.1) is 14.2 Å². The minimum atomic E-state index is -0.157. The van der Waals surface area contributed by atoms with Crippen LogP contribution in [0.4, 0.5) is 5.69 Å². The number of likely N-dealkylation sites (N-methyl/N-ethyl adjacent to an activating group) is 1. The first-order chi connectivity index (χ1) is 18.9. The van der Waals surface area contributed by atoms with Gasteiger partial charge in [-0.3, -0.25) is 4.79 Å². The maximum atomic E-state index is 12.5. The summed E-state index contributed by atoms with van der Waals surface area (Å²) in [6.07, 6.45) is 4.32. The van der Waals surface area contributed by atoms with Gasteiger partial charge in [-0.1, -0.05) is 66.2 Å². The smallest absolute Gasteiger partial charge is 0.248 e. The summed E-state index contributed by atoms with van der Waals surface area (Å²) in [6.45, 7) is 3.81. The van der Waals surface area contributed by atoms with Crippen molar-refractivity contribution >= 4 is 17.7 Å². The Hall–Kier alpha value is -4.35. The molecule has 4 aromatic carbocycles. The van der Waals surface area contributed by atoms with Crippen LogP contribution < -0.4 is 14.8 Å². The van der Waals surface area contributed by atoms with E-state index in [9.17, 15) is 4.79 Å². The van der Waals surface area contributed by atoms with Crippen LogP contribution in [0, 0.1) is 6.92 Å². The van der Waals surface area contributed by atoms with E-state index in [1.807, 2.05) is 42.5 Å². The van der Waals surface area contributed by atoms with Gasteiger partial charge in [-0.15, -0.1) is 0 Å². The standard InChI is InChI=1S/C34H36N2O3/c1-25-8-14-29(15-9-25)30-7-5-6-26(22-30)13-19-34(37)35-31-16-10-28(11-17-31)24-36(2)21-20-27-12-18-32(38-3)33(23-27)39-4/h5-19,22-23H,20-21,24H2,1-4H3,(H,35,37). The van der Waals surface area contributed by atoms with Crippen molar-refractivity contribution in [2.75, 3.05) is 33.1 Å². The molecule has 0 heterocycles. The third kappa shape index (κ3) is 8.06. The summed E-state index contributed by atoms with van der Waals surface area (Å²) in [7, 11) is 5.40. The Bertz CT molecular complexity index is 1410. The number of aryl methyl sites for hydroxylation is 1. The van der Waals surface area contributed by atoms with E-state index in [0.29, 0.717) is 0 Å². The van der Waals surface area contributed by atoms with Gasteiger partial charge in [0.15, 0.2) is 11.5 Å². The Morgan fingerprint density at radius 3 is 2.26 bits per heavy atom. The van der Waals surface area contributed by atoms with Crippen LogP contribution in [0.2, 0.25) is 0 Å². The van der Waals surface area contributed by atoms with Crippen molar-refractivity contribution in [3.05, 3.63) is 119 Å². The van der Waals surface area contributed by atoms with E-state index in [1.54, 1.807) is 20.3 Å². The molecule has 1 amide bonds. The molecular formula is C34H36N2O3. The average Bonchev–Trinajstić information content (AvgIpc) is 2.96. The van der Waals surface area contributed by atoms with E-state index in [-0.39, 0.29) is 5.91 Å². The zero-order chi connectivity index (χ0) is 27.6. The Morgan fingerprint density at radius 1 is 0.821 bits per heavy atom. The van der Waals surface area contributed by atoms with Crippen molar-refractivity contribution in [3.63, 3.8) is 0 Å². The molecule has 0 aliphatic rings. The molecule has 4 aromatic rings. The average molecular weight is 521 g/mol. The number of hydrogen-bond acceptors (Lipinski definition) is 4. The largest absolute Gasteiger partial charge is 0.493 e. The molecule has 0 radical (unpaired) electrons. The molecule has 39 heavy (non-hydrogen) atoms. The van der Waals surface area contributed by atoms with E-state index in [1.165, 1.54) is 16.7 Å². The Kier molecular flexibility index (Phi) is 9.54. The predicted octanol–water partition coefficient (Wildman–Crippen LogP) is 7.01. The van der Waals surface area contributed by atoms with Crippen molar-refractivity contribution in [2.24, 2.45) is 0 Å². The number of ether oxygens (including phenoxy) is 2. The van der Waals surface area contributed by atoms with Crippen molar-refractivity contribution in [2.45, 2.75) is 19.9 Å². The number of methoxy groups -OCH3 is 2. The Labute approximate surface area is 231 Å². The minimum Gasteiger partial charge on any atom is -0.493 e. The maximum Gasteiger partial charge on any atom is 0.248 e. The van der Waals surface area contributed by atoms with Gasteiger partial charge in [0.2, 0.25) is 5.91 Å². The van der Waals surface area contributed by atoms with Gasteiger partial charge < -0.3 is 19.7 Å². The summed E-state index contributed by atoms with van der Waals surface area (Å²) in [6, 6.07) is 30.7. The van der Waals surface area contributed by atoms with Crippen LogP contribution in [0.5, 0.6) is 11.5 Å². The SMILES string of the molecule is COc1ccc(CCN(C)Cc2ccc(NC(=O)C=Cc3cccc(-c4ccc(C)cc4)c3)cc2)cc1OC. The highest BCUT2D eigenvalue weighted by Gasteiger charge is 2.07. The van der Waals surface area contributed by atoms with Crippen molar-refractivity contribution in [1.82, 2.24) is 4.90 Å². The van der Waals surface area contributed by atoms with E-state index >= 15 is 0 Å². The van der Waals surface area contributed by atoms with Gasteiger partial charge in [0, 0.05) is 24.9 Å².